The third-order valence-electron chi connectivity index (χ3n) is 1.95. The van der Waals surface area contributed by atoms with Gasteiger partial charge in [0.25, 0.3) is 0 Å². The van der Waals surface area contributed by atoms with E-state index in [-0.39, 0.29) is 23.3 Å². The van der Waals surface area contributed by atoms with Crippen molar-refractivity contribution in [2.75, 3.05) is 18.6 Å². The molecule has 0 saturated heterocycles. The van der Waals surface area contributed by atoms with Gasteiger partial charge in [-0.25, -0.2) is 4.79 Å². The molecule has 0 aliphatic heterocycles. The highest BCUT2D eigenvalue weighted by atomic mass is 128. The number of carbonyl (C=O) groups excluding carboxylic acids is 4. The average molecular weight is 593 g/mol. The normalized spacial score (nSPS) is 11.3. The van der Waals surface area contributed by atoms with Gasteiger partial charge < -0.3 is 21.1 Å². The third-order valence-corrected chi connectivity index (χ3v) is 2.68. The van der Waals surface area contributed by atoms with Gasteiger partial charge in [0.1, 0.15) is 12.1 Å². The molecule has 0 rings (SSSR count). The number of halogens is 2. The maximum atomic E-state index is 10.8. The zero-order chi connectivity index (χ0) is 19.0. The lowest BCUT2D eigenvalue weighted by molar-refractivity contribution is -0.144. The minimum Gasteiger partial charge on any atom is -0.467 e. The second-order valence-corrected chi connectivity index (χ2v) is 4.53. The standard InChI is InChI=1S/C6H11NO3S.C5H10N2O2S.I2/c1-4(8)7-5(3-11)6(9)10-2;1-3(8)7-4(2-10)5(6)9;1-2/h5,11H,3H2,1-2H3,(H,7,8);4,10H,2H2,1H3,(H2,6,9)(H,7,8);/t5-;4-;/m00./s1. The summed E-state index contributed by atoms with van der Waals surface area (Å²) in [6.07, 6.45) is 0. The van der Waals surface area contributed by atoms with Crippen molar-refractivity contribution in [1.29, 1.82) is 0 Å². The number of carbonyl (C=O) groups is 4. The Morgan fingerprint density at radius 2 is 1.35 bits per heavy atom. The number of thiol groups is 2. The Kier molecular flexibility index (Phi) is 22.3. The summed E-state index contributed by atoms with van der Waals surface area (Å²) in [4.78, 5) is 42.1. The van der Waals surface area contributed by atoms with Crippen LogP contribution in [0.3, 0.4) is 0 Å². The van der Waals surface area contributed by atoms with E-state index in [2.05, 4.69) is 77.9 Å². The van der Waals surface area contributed by atoms with Crippen molar-refractivity contribution in [2.24, 2.45) is 5.73 Å². The molecule has 3 amide bonds. The molecule has 8 nitrogen and oxygen atoms in total. The third kappa shape index (κ3) is 18.2. The summed E-state index contributed by atoms with van der Waals surface area (Å²) in [6, 6.07) is -1.29. The molecule has 0 aromatic rings. The number of ether oxygens (including phenoxy) is 1. The first kappa shape index (κ1) is 27.9. The van der Waals surface area contributed by atoms with Crippen LogP contribution in [-0.2, 0) is 23.9 Å². The molecule has 0 aromatic heterocycles. The van der Waals surface area contributed by atoms with E-state index in [0.717, 1.165) is 0 Å². The van der Waals surface area contributed by atoms with Crippen molar-refractivity contribution in [3.8, 4) is 0 Å². The van der Waals surface area contributed by atoms with Gasteiger partial charge in [-0.05, 0) is 0 Å². The predicted octanol–water partition coefficient (Wildman–Crippen LogP) is 0.271. The van der Waals surface area contributed by atoms with Crippen molar-refractivity contribution in [3.63, 3.8) is 0 Å². The molecule has 23 heavy (non-hydrogen) atoms. The predicted molar refractivity (Wildman–Crippen MR) is 112 cm³/mol. The Morgan fingerprint density at radius 1 is 1.00 bits per heavy atom. The van der Waals surface area contributed by atoms with E-state index in [9.17, 15) is 19.2 Å². The Balaban J connectivity index is -0.000000315. The molecule has 12 heteroatoms. The fourth-order valence-corrected chi connectivity index (χ4v) is 1.53. The number of nitrogens with two attached hydrogens (primary N) is 1. The van der Waals surface area contributed by atoms with Gasteiger partial charge in [0.2, 0.25) is 17.7 Å². The molecule has 0 saturated carbocycles. The molecule has 136 valence electrons. The Morgan fingerprint density at radius 3 is 1.52 bits per heavy atom. The molecule has 0 radical (unpaired) electrons. The van der Waals surface area contributed by atoms with Gasteiger partial charge in [0, 0.05) is 62.6 Å². The van der Waals surface area contributed by atoms with E-state index in [1.807, 2.05) is 0 Å². The van der Waals surface area contributed by atoms with Gasteiger partial charge in [0.15, 0.2) is 0 Å². The first-order valence-electron chi connectivity index (χ1n) is 5.96. The van der Waals surface area contributed by atoms with Crippen LogP contribution in [0.25, 0.3) is 0 Å². The van der Waals surface area contributed by atoms with E-state index < -0.39 is 24.0 Å². The van der Waals surface area contributed by atoms with Gasteiger partial charge in [0.05, 0.1) is 7.11 Å². The molecule has 0 aliphatic rings. The fourth-order valence-electron chi connectivity index (χ4n) is 1.02. The molecule has 0 heterocycles. The van der Waals surface area contributed by atoms with Gasteiger partial charge in [-0.3, -0.25) is 14.4 Å². The summed E-state index contributed by atoms with van der Waals surface area (Å²) in [5, 5.41) is 4.73. The minimum absolute atomic E-state index is 0.231. The van der Waals surface area contributed by atoms with Gasteiger partial charge in [-0.1, -0.05) is 0 Å². The van der Waals surface area contributed by atoms with Gasteiger partial charge in [-0.2, -0.15) is 25.3 Å². The molecule has 0 spiro atoms. The summed E-state index contributed by atoms with van der Waals surface area (Å²) in [7, 11) is 1.26. The van der Waals surface area contributed by atoms with Crippen LogP contribution in [0.1, 0.15) is 13.8 Å². The molecule has 4 N–H and O–H groups in total. The lowest BCUT2D eigenvalue weighted by Gasteiger charge is -2.11. The maximum Gasteiger partial charge on any atom is 0.329 e. The van der Waals surface area contributed by atoms with E-state index in [1.165, 1.54) is 21.0 Å². The molecule has 0 aliphatic carbocycles. The maximum absolute atomic E-state index is 10.8. The molecule has 0 unspecified atom stereocenters. The van der Waals surface area contributed by atoms with Crippen LogP contribution in [0.15, 0.2) is 0 Å². The lowest BCUT2D eigenvalue weighted by Crippen LogP contribution is -2.44. The Labute approximate surface area is 169 Å². The summed E-state index contributed by atoms with van der Waals surface area (Å²) < 4.78 is 4.40. The van der Waals surface area contributed by atoms with Crippen molar-refractivity contribution in [1.82, 2.24) is 10.6 Å². The van der Waals surface area contributed by atoms with Crippen LogP contribution >= 0.6 is 62.5 Å². The van der Waals surface area contributed by atoms with Crippen molar-refractivity contribution in [2.45, 2.75) is 25.9 Å². The molecular formula is C11H21I2N3O5S2. The molecule has 0 bridgehead atoms. The van der Waals surface area contributed by atoms with Crippen LogP contribution in [-0.4, -0.2) is 54.4 Å². The monoisotopic (exact) mass is 593 g/mol. The quantitative estimate of drug-likeness (QED) is 0.172. The van der Waals surface area contributed by atoms with E-state index >= 15 is 0 Å². The van der Waals surface area contributed by atoms with Crippen molar-refractivity contribution < 1.29 is 23.9 Å². The molecule has 2 atom stereocenters. The number of amides is 3. The zero-order valence-electron chi connectivity index (χ0n) is 12.8. The van der Waals surface area contributed by atoms with E-state index in [0.29, 0.717) is 0 Å². The highest BCUT2D eigenvalue weighted by Crippen LogP contribution is 1.90. The molecule has 0 aromatic carbocycles. The number of rotatable bonds is 6. The van der Waals surface area contributed by atoms with Crippen LogP contribution in [0, 0.1) is 0 Å². The average Bonchev–Trinajstić information content (AvgIpc) is 2.51. The van der Waals surface area contributed by atoms with E-state index in [4.69, 9.17) is 5.73 Å². The second kappa shape index (κ2) is 18.4. The Bertz CT molecular complexity index is 389. The van der Waals surface area contributed by atoms with Crippen molar-refractivity contribution in [3.05, 3.63) is 0 Å². The summed E-state index contributed by atoms with van der Waals surface area (Å²) in [5.41, 5.74) is 4.89. The number of hydrogen-bond acceptors (Lipinski definition) is 7. The number of hydrogen-bond donors (Lipinski definition) is 5. The number of methoxy groups -OCH3 is 1. The first-order chi connectivity index (χ1) is 10.7. The summed E-state index contributed by atoms with van der Waals surface area (Å²) in [6.45, 7) is 2.65. The molecule has 0 fully saturated rings. The van der Waals surface area contributed by atoms with Crippen LogP contribution in [0.4, 0.5) is 0 Å². The first-order valence-corrected chi connectivity index (χ1v) is 13.5. The van der Waals surface area contributed by atoms with Crippen LogP contribution in [0.5, 0.6) is 0 Å². The van der Waals surface area contributed by atoms with Crippen molar-refractivity contribution >= 4 is 86.2 Å². The fraction of sp³-hybridized carbons (Fsp3) is 0.636. The largest absolute Gasteiger partial charge is 0.467 e. The summed E-state index contributed by atoms with van der Waals surface area (Å²) in [5.74, 6) is -1.12. The minimum atomic E-state index is -0.652. The van der Waals surface area contributed by atoms with Crippen LogP contribution in [0.2, 0.25) is 0 Å². The van der Waals surface area contributed by atoms with Crippen LogP contribution < -0.4 is 16.4 Å². The van der Waals surface area contributed by atoms with Gasteiger partial charge in [-0.15, -0.1) is 0 Å². The topological polar surface area (TPSA) is 128 Å². The second-order valence-electron chi connectivity index (χ2n) is 3.80. The number of primary amides is 1. The zero-order valence-corrected chi connectivity index (χ0v) is 18.9. The number of nitrogens with one attached hydrogen (secondary N) is 2. The van der Waals surface area contributed by atoms with Gasteiger partial charge >= 0.3 is 5.97 Å². The lowest BCUT2D eigenvalue weighted by atomic mass is 10.3. The molecular weight excluding hydrogens is 572 g/mol. The highest BCUT2D eigenvalue weighted by molar-refractivity contribution is 15.0. The highest BCUT2D eigenvalue weighted by Gasteiger charge is 2.17. The summed E-state index contributed by atoms with van der Waals surface area (Å²) >= 11 is 11.9. The SMILES string of the molecule is CC(=O)N[C@@H](CS)C(N)=O.COC(=O)[C@H](CS)NC(C)=O.II. The number of esters is 1. The Hall–Kier alpha value is 0.0400. The van der Waals surface area contributed by atoms with E-state index in [1.54, 1.807) is 0 Å². The smallest absolute Gasteiger partial charge is 0.329 e.